The molecule has 4 rings (SSSR count). The van der Waals surface area contributed by atoms with Crippen LogP contribution in [0.2, 0.25) is 0 Å². The summed E-state index contributed by atoms with van der Waals surface area (Å²) < 4.78 is 7.14. The number of aromatic nitrogens is 2. The lowest BCUT2D eigenvalue weighted by Gasteiger charge is -2.15. The number of carbonyl (C=O) groups is 1. The average molecular weight is 413 g/mol. The van der Waals surface area contributed by atoms with E-state index in [4.69, 9.17) is 14.8 Å². The van der Waals surface area contributed by atoms with Gasteiger partial charge in [0.05, 0.1) is 12.5 Å². The zero-order valence-corrected chi connectivity index (χ0v) is 17.3. The van der Waals surface area contributed by atoms with E-state index in [1.165, 1.54) is 4.88 Å². The van der Waals surface area contributed by atoms with Crippen molar-refractivity contribution in [2.75, 3.05) is 7.11 Å². The van der Waals surface area contributed by atoms with Gasteiger partial charge in [-0.15, -0.1) is 11.3 Å². The minimum absolute atomic E-state index is 0.0281. The third-order valence-electron chi connectivity index (χ3n) is 5.47. The highest BCUT2D eigenvalue weighted by Gasteiger charge is 2.22. The second-order valence-electron chi connectivity index (χ2n) is 7.36. The molecular formula is C22H24N2O4S. The van der Waals surface area contributed by atoms with Crippen molar-refractivity contribution in [2.24, 2.45) is 0 Å². The molecule has 2 aromatic heterocycles. The van der Waals surface area contributed by atoms with Crippen molar-refractivity contribution in [3.8, 4) is 5.75 Å². The maximum atomic E-state index is 13.5. The lowest BCUT2D eigenvalue weighted by molar-refractivity contribution is -0.137. The predicted molar refractivity (Wildman–Crippen MR) is 113 cm³/mol. The molecule has 1 aromatic carbocycles. The van der Waals surface area contributed by atoms with E-state index in [0.29, 0.717) is 25.2 Å². The molecule has 0 saturated carbocycles. The number of aryl methyl sites for hydroxylation is 2. The van der Waals surface area contributed by atoms with Gasteiger partial charge < -0.3 is 9.84 Å². The zero-order chi connectivity index (χ0) is 20.4. The van der Waals surface area contributed by atoms with Gasteiger partial charge in [-0.3, -0.25) is 14.2 Å². The summed E-state index contributed by atoms with van der Waals surface area (Å²) in [6.45, 7) is 0.350. The second kappa shape index (κ2) is 8.37. The first kappa shape index (κ1) is 19.6. The molecule has 0 spiro atoms. The van der Waals surface area contributed by atoms with Crippen molar-refractivity contribution in [3.05, 3.63) is 56.4 Å². The normalized spacial score (nSPS) is 13.4. The lowest BCUT2D eigenvalue weighted by atomic mass is 9.97. The Hall–Kier alpha value is -2.67. The number of para-hydroxylation sites is 1. The third kappa shape index (κ3) is 3.92. The van der Waals surface area contributed by atoms with Gasteiger partial charge in [-0.05, 0) is 43.7 Å². The molecule has 0 atom stereocenters. The summed E-state index contributed by atoms with van der Waals surface area (Å²) in [5, 5.41) is 9.75. The molecule has 7 heteroatoms. The lowest BCUT2D eigenvalue weighted by Crippen LogP contribution is -2.26. The van der Waals surface area contributed by atoms with Crippen LogP contribution in [-0.2, 0) is 30.6 Å². The summed E-state index contributed by atoms with van der Waals surface area (Å²) >= 11 is 1.64. The van der Waals surface area contributed by atoms with Crippen molar-refractivity contribution in [1.82, 2.24) is 9.55 Å². The number of carboxylic acid groups (broad SMARTS) is 1. The number of hydrogen-bond acceptors (Lipinski definition) is 5. The Balaban J connectivity index is 1.82. The first-order chi connectivity index (χ1) is 14.1. The van der Waals surface area contributed by atoms with Crippen LogP contribution in [0.1, 0.15) is 47.5 Å². The Labute approximate surface area is 172 Å². The standard InChI is InChI=1S/C22H24N2O4S/c1-28-16-9-4-2-7-14(16)13-18-23-21-20(15-8-3-5-10-17(15)29-21)22(27)24(18)12-6-11-19(25)26/h2,4,7,9H,3,5-6,8,10-13H2,1H3,(H,25,26). The van der Waals surface area contributed by atoms with Gasteiger partial charge in [0.1, 0.15) is 16.4 Å². The van der Waals surface area contributed by atoms with Gasteiger partial charge in [-0.25, -0.2) is 4.98 Å². The molecule has 152 valence electrons. The highest BCUT2D eigenvalue weighted by atomic mass is 32.1. The summed E-state index contributed by atoms with van der Waals surface area (Å²) in [5.41, 5.74) is 2.07. The van der Waals surface area contributed by atoms with Gasteiger partial charge in [0.2, 0.25) is 0 Å². The van der Waals surface area contributed by atoms with E-state index in [1.807, 2.05) is 24.3 Å². The third-order valence-corrected chi connectivity index (χ3v) is 6.65. The number of carboxylic acids is 1. The predicted octanol–water partition coefficient (Wildman–Crippen LogP) is 3.80. The number of ether oxygens (including phenoxy) is 1. The number of nitrogens with zero attached hydrogens (tertiary/aromatic N) is 2. The number of rotatable bonds is 7. The molecule has 1 N–H and O–H groups in total. The van der Waals surface area contributed by atoms with Gasteiger partial charge in [0, 0.05) is 29.8 Å². The van der Waals surface area contributed by atoms with Crippen molar-refractivity contribution in [3.63, 3.8) is 0 Å². The van der Waals surface area contributed by atoms with Crippen molar-refractivity contribution >= 4 is 27.5 Å². The van der Waals surface area contributed by atoms with Crippen LogP contribution < -0.4 is 10.3 Å². The summed E-state index contributed by atoms with van der Waals surface area (Å²) in [4.78, 5) is 31.4. The van der Waals surface area contributed by atoms with Gasteiger partial charge in [0.25, 0.3) is 5.56 Å². The first-order valence-electron chi connectivity index (χ1n) is 9.96. The zero-order valence-electron chi connectivity index (χ0n) is 16.4. The Morgan fingerprint density at radius 3 is 2.86 bits per heavy atom. The minimum atomic E-state index is -0.855. The molecular weight excluding hydrogens is 388 g/mol. The van der Waals surface area contributed by atoms with Crippen LogP contribution in [0.15, 0.2) is 29.1 Å². The molecule has 0 aliphatic heterocycles. The van der Waals surface area contributed by atoms with Crippen LogP contribution in [-0.4, -0.2) is 27.7 Å². The first-order valence-corrected chi connectivity index (χ1v) is 10.8. The van der Waals surface area contributed by atoms with E-state index in [9.17, 15) is 9.59 Å². The van der Waals surface area contributed by atoms with Crippen molar-refractivity contribution < 1.29 is 14.6 Å². The quantitative estimate of drug-likeness (QED) is 0.638. The Morgan fingerprint density at radius 1 is 1.28 bits per heavy atom. The number of fused-ring (bicyclic) bond motifs is 3. The minimum Gasteiger partial charge on any atom is -0.496 e. The van der Waals surface area contributed by atoms with Crippen LogP contribution in [0.25, 0.3) is 10.2 Å². The molecule has 0 bridgehead atoms. The maximum Gasteiger partial charge on any atom is 0.303 e. The summed E-state index contributed by atoms with van der Waals surface area (Å²) in [6.07, 6.45) is 5.07. The van der Waals surface area contributed by atoms with Crippen LogP contribution in [0.4, 0.5) is 0 Å². The molecule has 1 aliphatic carbocycles. The van der Waals surface area contributed by atoms with E-state index < -0.39 is 5.97 Å². The van der Waals surface area contributed by atoms with Crippen LogP contribution in [0.3, 0.4) is 0 Å². The second-order valence-corrected chi connectivity index (χ2v) is 8.45. The number of benzene rings is 1. The smallest absolute Gasteiger partial charge is 0.303 e. The fourth-order valence-electron chi connectivity index (χ4n) is 4.05. The summed E-state index contributed by atoms with van der Waals surface area (Å²) in [7, 11) is 1.63. The Morgan fingerprint density at radius 2 is 2.07 bits per heavy atom. The Kier molecular flexibility index (Phi) is 5.67. The molecule has 0 amide bonds. The van der Waals surface area contributed by atoms with E-state index in [2.05, 4.69) is 0 Å². The number of thiophene rings is 1. The van der Waals surface area contributed by atoms with E-state index in [1.54, 1.807) is 23.0 Å². The van der Waals surface area contributed by atoms with Gasteiger partial charge in [0.15, 0.2) is 0 Å². The van der Waals surface area contributed by atoms with E-state index in [-0.39, 0.29) is 12.0 Å². The number of aliphatic carboxylic acids is 1. The molecule has 29 heavy (non-hydrogen) atoms. The van der Waals surface area contributed by atoms with Crippen LogP contribution >= 0.6 is 11.3 Å². The highest BCUT2D eigenvalue weighted by molar-refractivity contribution is 7.18. The molecule has 2 heterocycles. The largest absolute Gasteiger partial charge is 0.496 e. The molecule has 0 saturated heterocycles. The Bertz CT molecular complexity index is 1120. The fraction of sp³-hybridized carbons (Fsp3) is 0.409. The highest BCUT2D eigenvalue weighted by Crippen LogP contribution is 2.34. The molecule has 6 nitrogen and oxygen atoms in total. The maximum absolute atomic E-state index is 13.5. The molecule has 3 aromatic rings. The number of hydrogen-bond donors (Lipinski definition) is 1. The topological polar surface area (TPSA) is 81.4 Å². The van der Waals surface area contributed by atoms with Crippen molar-refractivity contribution in [1.29, 1.82) is 0 Å². The molecule has 0 unspecified atom stereocenters. The van der Waals surface area contributed by atoms with Crippen LogP contribution in [0.5, 0.6) is 5.75 Å². The molecule has 1 aliphatic rings. The summed E-state index contributed by atoms with van der Waals surface area (Å²) in [5.74, 6) is 0.562. The number of methoxy groups -OCH3 is 1. The SMILES string of the molecule is COc1ccccc1Cc1nc2sc3c(c2c(=O)n1CCCC(=O)O)CCCC3. The monoisotopic (exact) mass is 412 g/mol. The van der Waals surface area contributed by atoms with Gasteiger partial charge >= 0.3 is 5.97 Å². The van der Waals surface area contributed by atoms with Gasteiger partial charge in [-0.2, -0.15) is 0 Å². The van der Waals surface area contributed by atoms with Crippen LogP contribution in [0, 0.1) is 0 Å². The molecule has 0 radical (unpaired) electrons. The summed E-state index contributed by atoms with van der Waals surface area (Å²) in [6, 6.07) is 7.71. The fourth-order valence-corrected chi connectivity index (χ4v) is 5.32. The van der Waals surface area contributed by atoms with E-state index in [0.717, 1.165) is 52.8 Å². The average Bonchev–Trinajstić information content (AvgIpc) is 3.09. The van der Waals surface area contributed by atoms with E-state index >= 15 is 0 Å². The van der Waals surface area contributed by atoms with Gasteiger partial charge in [-0.1, -0.05) is 18.2 Å². The van der Waals surface area contributed by atoms with Crippen molar-refractivity contribution in [2.45, 2.75) is 51.5 Å². The molecule has 0 fully saturated rings.